The summed E-state index contributed by atoms with van der Waals surface area (Å²) in [5.41, 5.74) is 5.73. The van der Waals surface area contributed by atoms with Crippen molar-refractivity contribution in [2.75, 3.05) is 6.54 Å². The Morgan fingerprint density at radius 2 is 1.59 bits per heavy atom. The molecule has 0 aliphatic rings. The smallest absolute Gasteiger partial charge is 0.408 e. The molecular weight excluding hydrogens is 472 g/mol. The second kappa shape index (κ2) is 14.0. The lowest BCUT2D eigenvalue weighted by Crippen LogP contribution is -2.55. The van der Waals surface area contributed by atoms with Gasteiger partial charge in [-0.2, -0.15) is 0 Å². The van der Waals surface area contributed by atoms with Gasteiger partial charge in [-0.15, -0.1) is 0 Å². The Hall–Kier alpha value is -3.10. The van der Waals surface area contributed by atoms with Gasteiger partial charge in [-0.1, -0.05) is 49.6 Å². The minimum absolute atomic E-state index is 0.0147. The first-order valence-electron chi connectivity index (χ1n) is 13.0. The summed E-state index contributed by atoms with van der Waals surface area (Å²) in [6.07, 6.45) is 1.54. The first-order valence-corrected chi connectivity index (χ1v) is 13.0. The Morgan fingerprint density at radius 1 is 1.00 bits per heavy atom. The Morgan fingerprint density at radius 3 is 2.08 bits per heavy atom. The molecule has 0 heterocycles. The van der Waals surface area contributed by atoms with Crippen molar-refractivity contribution < 1.29 is 23.9 Å². The number of hydrogen-bond acceptors (Lipinski definition) is 5. The molecular formula is C28H46N4O5. The van der Waals surface area contributed by atoms with Crippen LogP contribution in [-0.2, 0) is 19.1 Å². The summed E-state index contributed by atoms with van der Waals surface area (Å²) in [4.78, 5) is 53.3. The quantitative estimate of drug-likeness (QED) is 0.358. The molecule has 0 fully saturated rings. The highest BCUT2D eigenvalue weighted by Crippen LogP contribution is 2.25. The van der Waals surface area contributed by atoms with Gasteiger partial charge in [0.25, 0.3) is 0 Å². The van der Waals surface area contributed by atoms with Crippen molar-refractivity contribution in [2.45, 2.75) is 111 Å². The molecule has 0 aliphatic heterocycles. The first-order chi connectivity index (χ1) is 17.0. The van der Waals surface area contributed by atoms with Crippen LogP contribution in [0.1, 0.15) is 97.7 Å². The van der Waals surface area contributed by atoms with Crippen LogP contribution in [0.5, 0.6) is 0 Å². The van der Waals surface area contributed by atoms with Gasteiger partial charge in [0.1, 0.15) is 17.7 Å². The number of carbonyl (C=O) groups is 4. The van der Waals surface area contributed by atoms with Crippen molar-refractivity contribution >= 4 is 23.8 Å². The van der Waals surface area contributed by atoms with Crippen LogP contribution in [0.25, 0.3) is 0 Å². The van der Waals surface area contributed by atoms with E-state index >= 15 is 0 Å². The molecule has 208 valence electrons. The topological polar surface area (TPSA) is 131 Å². The van der Waals surface area contributed by atoms with Crippen LogP contribution in [-0.4, -0.2) is 52.4 Å². The van der Waals surface area contributed by atoms with E-state index in [9.17, 15) is 19.2 Å². The van der Waals surface area contributed by atoms with Gasteiger partial charge < -0.3 is 26.0 Å². The molecule has 0 saturated heterocycles. The maximum Gasteiger partial charge on any atom is 0.408 e. The van der Waals surface area contributed by atoms with Crippen molar-refractivity contribution in [1.29, 1.82) is 0 Å². The zero-order valence-corrected chi connectivity index (χ0v) is 23.8. The van der Waals surface area contributed by atoms with E-state index in [1.165, 1.54) is 4.90 Å². The van der Waals surface area contributed by atoms with Crippen LogP contribution in [0.15, 0.2) is 24.3 Å². The number of alkyl carbamates (subject to hydrolysis) is 1. The van der Waals surface area contributed by atoms with Crippen molar-refractivity contribution in [3.05, 3.63) is 35.4 Å². The van der Waals surface area contributed by atoms with Gasteiger partial charge in [-0.25, -0.2) is 4.79 Å². The SMILES string of the molecule is CCCCCN(C(=O)C(CCC(N)=O)NC(=O)OC(C)(C)C)C(C(=O)NC(C)(C)C)c1ccc(C)cc1. The number of rotatable bonds is 12. The maximum absolute atomic E-state index is 14.0. The molecule has 1 rings (SSSR count). The monoisotopic (exact) mass is 518 g/mol. The summed E-state index contributed by atoms with van der Waals surface area (Å²) in [6.45, 7) is 15.1. The van der Waals surface area contributed by atoms with E-state index in [4.69, 9.17) is 10.5 Å². The highest BCUT2D eigenvalue weighted by molar-refractivity contribution is 5.92. The molecule has 9 nitrogen and oxygen atoms in total. The van der Waals surface area contributed by atoms with Gasteiger partial charge in [0.05, 0.1) is 0 Å². The molecule has 2 unspecified atom stereocenters. The van der Waals surface area contributed by atoms with E-state index in [-0.39, 0.29) is 18.7 Å². The van der Waals surface area contributed by atoms with Gasteiger partial charge in [0.15, 0.2) is 0 Å². The second-order valence-electron chi connectivity index (χ2n) is 11.5. The number of benzene rings is 1. The third-order valence-electron chi connectivity index (χ3n) is 5.41. The van der Waals surface area contributed by atoms with Crippen molar-refractivity contribution in [2.24, 2.45) is 5.73 Å². The van der Waals surface area contributed by atoms with E-state index in [1.54, 1.807) is 20.8 Å². The average Bonchev–Trinajstić information content (AvgIpc) is 2.74. The molecule has 0 saturated carbocycles. The van der Waals surface area contributed by atoms with E-state index in [2.05, 4.69) is 17.6 Å². The number of unbranched alkanes of at least 4 members (excludes halogenated alkanes) is 2. The molecule has 0 bridgehead atoms. The molecule has 37 heavy (non-hydrogen) atoms. The fourth-order valence-electron chi connectivity index (χ4n) is 3.75. The van der Waals surface area contributed by atoms with Crippen molar-refractivity contribution in [3.63, 3.8) is 0 Å². The van der Waals surface area contributed by atoms with Crippen molar-refractivity contribution in [3.8, 4) is 0 Å². The Labute approximate surface area is 221 Å². The predicted octanol–water partition coefficient (Wildman–Crippen LogP) is 4.13. The van der Waals surface area contributed by atoms with Crippen LogP contribution in [0.3, 0.4) is 0 Å². The summed E-state index contributed by atoms with van der Waals surface area (Å²) in [5, 5.41) is 5.61. The summed E-state index contributed by atoms with van der Waals surface area (Å²) in [6, 6.07) is 5.43. The number of aryl methyl sites for hydroxylation is 1. The average molecular weight is 519 g/mol. The van der Waals surface area contributed by atoms with Crippen molar-refractivity contribution in [1.82, 2.24) is 15.5 Å². The molecule has 0 radical (unpaired) electrons. The van der Waals surface area contributed by atoms with E-state index < -0.39 is 41.1 Å². The molecule has 0 spiro atoms. The van der Waals surface area contributed by atoms with Crippen LogP contribution >= 0.6 is 0 Å². The standard InChI is InChI=1S/C28H46N4O5/c1-9-10-11-18-32(23(24(34)31-27(3,4)5)20-14-12-19(2)13-15-20)25(35)21(16-17-22(29)33)30-26(36)37-28(6,7)8/h12-15,21,23H,9-11,16-18H2,1-8H3,(H2,29,33)(H,30,36)(H,31,34). The number of nitrogens with one attached hydrogen (secondary N) is 2. The number of ether oxygens (including phenoxy) is 1. The number of amides is 4. The number of nitrogens with two attached hydrogens (primary N) is 1. The summed E-state index contributed by atoms with van der Waals surface area (Å²) < 4.78 is 5.36. The number of hydrogen-bond donors (Lipinski definition) is 3. The predicted molar refractivity (Wildman–Crippen MR) is 145 cm³/mol. The first kappa shape index (κ1) is 31.9. The lowest BCUT2D eigenvalue weighted by atomic mass is 9.98. The van der Waals surface area contributed by atoms with Crippen LogP contribution in [0, 0.1) is 6.92 Å². The molecule has 1 aromatic carbocycles. The molecule has 2 atom stereocenters. The summed E-state index contributed by atoms with van der Waals surface area (Å²) in [5.74, 6) is -1.40. The molecule has 0 aromatic heterocycles. The highest BCUT2D eigenvalue weighted by Gasteiger charge is 2.37. The number of nitrogens with zero attached hydrogens (tertiary/aromatic N) is 1. The largest absolute Gasteiger partial charge is 0.444 e. The molecule has 4 amide bonds. The third kappa shape index (κ3) is 12.1. The zero-order valence-electron chi connectivity index (χ0n) is 23.8. The minimum atomic E-state index is -1.10. The number of primary amides is 1. The van der Waals surface area contributed by atoms with E-state index in [1.807, 2.05) is 52.0 Å². The van der Waals surface area contributed by atoms with Gasteiger partial charge >= 0.3 is 6.09 Å². The van der Waals surface area contributed by atoms with E-state index in [0.29, 0.717) is 18.5 Å². The van der Waals surface area contributed by atoms with E-state index in [0.717, 1.165) is 18.4 Å². The third-order valence-corrected chi connectivity index (χ3v) is 5.41. The lowest BCUT2D eigenvalue weighted by Gasteiger charge is -2.36. The lowest BCUT2D eigenvalue weighted by molar-refractivity contribution is -0.143. The highest BCUT2D eigenvalue weighted by atomic mass is 16.6. The van der Waals surface area contributed by atoms with Crippen LogP contribution in [0.2, 0.25) is 0 Å². The second-order valence-corrected chi connectivity index (χ2v) is 11.5. The minimum Gasteiger partial charge on any atom is -0.444 e. The zero-order chi connectivity index (χ0) is 28.4. The Kier molecular flexibility index (Phi) is 12.1. The normalized spacial score (nSPS) is 13.3. The summed E-state index contributed by atoms with van der Waals surface area (Å²) >= 11 is 0. The van der Waals surface area contributed by atoms with Crippen LogP contribution in [0.4, 0.5) is 4.79 Å². The fraction of sp³-hybridized carbons (Fsp3) is 0.643. The number of carbonyl (C=O) groups excluding carboxylic acids is 4. The van der Waals surface area contributed by atoms with Gasteiger partial charge in [-0.3, -0.25) is 14.4 Å². The van der Waals surface area contributed by atoms with Gasteiger partial charge in [0.2, 0.25) is 17.7 Å². The molecule has 0 aliphatic carbocycles. The molecule has 1 aromatic rings. The molecule has 4 N–H and O–H groups in total. The maximum atomic E-state index is 14.0. The van der Waals surface area contributed by atoms with Gasteiger partial charge in [0, 0.05) is 18.5 Å². The Bertz CT molecular complexity index is 916. The summed E-state index contributed by atoms with van der Waals surface area (Å²) in [7, 11) is 0. The van der Waals surface area contributed by atoms with Crippen LogP contribution < -0.4 is 16.4 Å². The fourth-order valence-corrected chi connectivity index (χ4v) is 3.75. The Balaban J connectivity index is 3.51. The molecule has 9 heteroatoms. The van der Waals surface area contributed by atoms with Gasteiger partial charge in [-0.05, 0) is 66.9 Å².